The van der Waals surface area contributed by atoms with Crippen molar-refractivity contribution in [2.45, 2.75) is 36.6 Å². The molecular formula is C13H17N3O3S. The van der Waals surface area contributed by atoms with Crippen LogP contribution in [0.3, 0.4) is 0 Å². The van der Waals surface area contributed by atoms with Crippen molar-refractivity contribution >= 4 is 10.0 Å². The molecule has 1 aliphatic rings. The van der Waals surface area contributed by atoms with Crippen molar-refractivity contribution in [3.63, 3.8) is 0 Å². The summed E-state index contributed by atoms with van der Waals surface area (Å²) in [6, 6.07) is 4.60. The molecule has 20 heavy (non-hydrogen) atoms. The first kappa shape index (κ1) is 14.9. The number of hydrogen-bond acceptors (Lipinski definition) is 5. The Balaban J connectivity index is 2.42. The van der Waals surface area contributed by atoms with Gasteiger partial charge in [0.25, 0.3) is 0 Å². The quantitative estimate of drug-likeness (QED) is 0.870. The predicted octanol–water partition coefficient (Wildman–Crippen LogP) is 0.879. The number of sulfonamides is 1. The summed E-state index contributed by atoms with van der Waals surface area (Å²) < 4.78 is 26.7. The van der Waals surface area contributed by atoms with Crippen molar-refractivity contribution in [1.82, 2.24) is 9.29 Å². The van der Waals surface area contributed by atoms with Gasteiger partial charge < -0.3 is 5.11 Å². The minimum atomic E-state index is -3.80. The number of hydrogen-bond donors (Lipinski definition) is 1. The average Bonchev–Trinajstić information content (AvgIpc) is 2.98. The molecule has 0 atom stereocenters. The molecule has 1 N–H and O–H groups in total. The number of aromatic nitrogens is 1. The lowest BCUT2D eigenvalue weighted by Crippen LogP contribution is -2.41. The zero-order valence-electron chi connectivity index (χ0n) is 11.1. The summed E-state index contributed by atoms with van der Waals surface area (Å²) >= 11 is 0. The maximum atomic E-state index is 12.7. The van der Waals surface area contributed by atoms with Crippen LogP contribution >= 0.6 is 0 Å². The van der Waals surface area contributed by atoms with Crippen LogP contribution in [-0.4, -0.2) is 42.0 Å². The Morgan fingerprint density at radius 2 is 2.15 bits per heavy atom. The Kier molecular flexibility index (Phi) is 4.70. The van der Waals surface area contributed by atoms with Gasteiger partial charge in [-0.15, -0.1) is 0 Å². The van der Waals surface area contributed by atoms with Crippen molar-refractivity contribution < 1.29 is 13.5 Å². The average molecular weight is 295 g/mol. The molecule has 6 nitrogen and oxygen atoms in total. The highest BCUT2D eigenvalue weighted by Crippen LogP contribution is 2.29. The third kappa shape index (κ3) is 2.82. The number of aliphatic hydroxyl groups excluding tert-OH is 1. The second-order valence-electron chi connectivity index (χ2n) is 4.74. The summed E-state index contributed by atoms with van der Waals surface area (Å²) in [7, 11) is -3.80. The van der Waals surface area contributed by atoms with E-state index in [1.807, 2.05) is 6.07 Å². The Morgan fingerprint density at radius 1 is 1.45 bits per heavy atom. The molecule has 1 saturated carbocycles. The van der Waals surface area contributed by atoms with Gasteiger partial charge in [-0.25, -0.2) is 13.4 Å². The van der Waals surface area contributed by atoms with Crippen LogP contribution in [0.4, 0.5) is 0 Å². The summed E-state index contributed by atoms with van der Waals surface area (Å²) in [6.07, 6.45) is 4.95. The summed E-state index contributed by atoms with van der Waals surface area (Å²) in [5, 5.41) is 18.2. The highest BCUT2D eigenvalue weighted by molar-refractivity contribution is 7.89. The van der Waals surface area contributed by atoms with Crippen LogP contribution in [0.15, 0.2) is 23.2 Å². The summed E-state index contributed by atoms with van der Waals surface area (Å²) in [5.41, 5.74) is -0.103. The van der Waals surface area contributed by atoms with E-state index in [4.69, 9.17) is 10.4 Å². The molecular weight excluding hydrogens is 278 g/mol. The predicted molar refractivity (Wildman–Crippen MR) is 72.2 cm³/mol. The largest absolute Gasteiger partial charge is 0.395 e. The molecule has 2 rings (SSSR count). The molecule has 0 amide bonds. The van der Waals surface area contributed by atoms with Gasteiger partial charge in [-0.3, -0.25) is 0 Å². The Morgan fingerprint density at radius 3 is 2.75 bits per heavy atom. The van der Waals surface area contributed by atoms with E-state index in [2.05, 4.69) is 4.98 Å². The zero-order chi connectivity index (χ0) is 14.6. The van der Waals surface area contributed by atoms with Gasteiger partial charge in [-0.2, -0.15) is 9.57 Å². The smallest absolute Gasteiger partial charge is 0.246 e. The van der Waals surface area contributed by atoms with Crippen LogP contribution < -0.4 is 0 Å². The first-order valence-corrected chi connectivity index (χ1v) is 8.03. The molecule has 7 heteroatoms. The minimum Gasteiger partial charge on any atom is -0.395 e. The Hall–Kier alpha value is -1.49. The molecule has 1 aromatic rings. The van der Waals surface area contributed by atoms with E-state index in [1.54, 1.807) is 0 Å². The van der Waals surface area contributed by atoms with Crippen molar-refractivity contribution in [2.24, 2.45) is 0 Å². The number of nitrogens with zero attached hydrogens (tertiary/aromatic N) is 3. The molecule has 0 spiro atoms. The minimum absolute atomic E-state index is 0.0484. The van der Waals surface area contributed by atoms with Gasteiger partial charge in [-0.05, 0) is 25.0 Å². The second-order valence-corrected chi connectivity index (χ2v) is 6.60. The number of rotatable bonds is 5. The second kappa shape index (κ2) is 6.31. The van der Waals surface area contributed by atoms with Crippen molar-refractivity contribution in [3.05, 3.63) is 24.0 Å². The van der Waals surface area contributed by atoms with Gasteiger partial charge in [0.15, 0.2) is 5.69 Å². The van der Waals surface area contributed by atoms with Gasteiger partial charge >= 0.3 is 0 Å². The van der Waals surface area contributed by atoms with E-state index in [0.717, 1.165) is 25.7 Å². The normalized spacial score (nSPS) is 16.4. The maximum Gasteiger partial charge on any atom is 0.246 e. The van der Waals surface area contributed by atoms with E-state index in [0.29, 0.717) is 0 Å². The number of pyridine rings is 1. The van der Waals surface area contributed by atoms with Crippen molar-refractivity contribution in [2.75, 3.05) is 13.2 Å². The number of nitriles is 1. The first-order chi connectivity index (χ1) is 9.61. The molecule has 0 unspecified atom stereocenters. The van der Waals surface area contributed by atoms with E-state index in [9.17, 15) is 8.42 Å². The fourth-order valence-corrected chi connectivity index (χ4v) is 4.37. The highest BCUT2D eigenvalue weighted by atomic mass is 32.2. The lowest BCUT2D eigenvalue weighted by molar-refractivity contribution is 0.226. The van der Waals surface area contributed by atoms with Crippen LogP contribution in [-0.2, 0) is 10.0 Å². The lowest BCUT2D eigenvalue weighted by atomic mass is 10.2. The first-order valence-electron chi connectivity index (χ1n) is 6.59. The van der Waals surface area contributed by atoms with E-state index >= 15 is 0 Å². The van der Waals surface area contributed by atoms with Gasteiger partial charge in [0, 0.05) is 18.8 Å². The molecule has 0 aromatic carbocycles. The molecule has 0 saturated heterocycles. The maximum absolute atomic E-state index is 12.7. The molecule has 1 aliphatic carbocycles. The van der Waals surface area contributed by atoms with E-state index < -0.39 is 10.0 Å². The summed E-state index contributed by atoms with van der Waals surface area (Å²) in [4.78, 5) is 3.72. The fourth-order valence-electron chi connectivity index (χ4n) is 2.60. The van der Waals surface area contributed by atoms with Gasteiger partial charge in [0.2, 0.25) is 10.0 Å². The molecule has 0 aliphatic heterocycles. The van der Waals surface area contributed by atoms with Crippen molar-refractivity contribution in [3.8, 4) is 6.07 Å². The molecule has 1 heterocycles. The Labute approximate surface area is 118 Å². The highest BCUT2D eigenvalue weighted by Gasteiger charge is 2.34. The molecule has 108 valence electrons. The van der Waals surface area contributed by atoms with E-state index in [1.165, 1.54) is 22.6 Å². The standard InChI is InChI=1S/C13H17N3O3S/c14-10-12-13(6-3-7-15-12)20(18,19)16(8-9-17)11-4-1-2-5-11/h3,6-7,11,17H,1-2,4-5,8-9H2. The van der Waals surface area contributed by atoms with Gasteiger partial charge in [0.1, 0.15) is 11.0 Å². The molecule has 1 fully saturated rings. The Bertz CT molecular complexity index is 604. The van der Waals surface area contributed by atoms with Crippen LogP contribution in [0.5, 0.6) is 0 Å². The third-order valence-electron chi connectivity index (χ3n) is 3.52. The molecule has 0 bridgehead atoms. The zero-order valence-corrected chi connectivity index (χ0v) is 11.9. The van der Waals surface area contributed by atoms with Crippen molar-refractivity contribution in [1.29, 1.82) is 5.26 Å². The molecule has 1 aromatic heterocycles. The fraction of sp³-hybridized carbons (Fsp3) is 0.538. The van der Waals surface area contributed by atoms with Gasteiger partial charge in [-0.1, -0.05) is 12.8 Å². The lowest BCUT2D eigenvalue weighted by Gasteiger charge is -2.27. The third-order valence-corrected chi connectivity index (χ3v) is 5.50. The summed E-state index contributed by atoms with van der Waals surface area (Å²) in [6.45, 7) is -0.190. The summed E-state index contributed by atoms with van der Waals surface area (Å²) in [5.74, 6) is 0. The monoisotopic (exact) mass is 295 g/mol. The topological polar surface area (TPSA) is 94.3 Å². The van der Waals surface area contributed by atoms with E-state index in [-0.39, 0.29) is 29.8 Å². The van der Waals surface area contributed by atoms with Crippen LogP contribution in [0.1, 0.15) is 31.4 Å². The molecule has 0 radical (unpaired) electrons. The van der Waals surface area contributed by atoms with Crippen LogP contribution in [0.2, 0.25) is 0 Å². The SMILES string of the molecule is N#Cc1ncccc1S(=O)(=O)N(CCO)C1CCCC1. The van der Waals surface area contributed by atoms with Crippen LogP contribution in [0.25, 0.3) is 0 Å². The van der Waals surface area contributed by atoms with Gasteiger partial charge in [0.05, 0.1) is 6.61 Å². The van der Waals surface area contributed by atoms with Crippen LogP contribution in [0, 0.1) is 11.3 Å². The number of aliphatic hydroxyl groups is 1.